The zero-order chi connectivity index (χ0) is 28.3. The molecule has 200 valence electrons. The fourth-order valence-corrected chi connectivity index (χ4v) is 3.25. The molecule has 0 fully saturated rings. The molecular formula is C20H10BrF12IO2. The molecule has 0 amide bonds. The van der Waals surface area contributed by atoms with Gasteiger partial charge in [-0.3, -0.25) is 9.59 Å². The second kappa shape index (κ2) is 11.7. The first kappa shape index (κ1) is 32.2. The number of hydrogen-bond acceptors (Lipinski definition) is 2. The molecule has 0 atom stereocenters. The maximum Gasteiger partial charge on any atom is 0.417 e. The summed E-state index contributed by atoms with van der Waals surface area (Å²) >= 11 is 4.13. The van der Waals surface area contributed by atoms with Gasteiger partial charge in [0, 0.05) is 11.1 Å². The minimum Gasteiger partial charge on any atom is -0.293 e. The summed E-state index contributed by atoms with van der Waals surface area (Å²) in [6.45, 7) is 0. The van der Waals surface area contributed by atoms with Gasteiger partial charge in [-0.2, -0.15) is 52.7 Å². The monoisotopic (exact) mass is 716 g/mol. The standard InChI is InChI=1S/C10H5BrF6O.C10H5F6IO/c11-4-8(18)6-3-5(9(12,13)14)1-2-7(6)10(15,16)17;11-9(12,13)5-1-2-7(10(14,15)16)6(3-5)8(18)4-17/h2*1-3H,4H2. The predicted octanol–water partition coefficient (Wildman–Crippen LogP) is 8.64. The van der Waals surface area contributed by atoms with Crippen molar-refractivity contribution in [3.63, 3.8) is 0 Å². The van der Waals surface area contributed by atoms with Crippen molar-refractivity contribution < 1.29 is 62.3 Å². The lowest BCUT2D eigenvalue weighted by Gasteiger charge is -2.14. The van der Waals surface area contributed by atoms with Crippen LogP contribution in [0.25, 0.3) is 0 Å². The van der Waals surface area contributed by atoms with Gasteiger partial charge in [0.25, 0.3) is 0 Å². The number of Topliss-reactive ketones (excluding diaryl/α,β-unsaturated/α-hetero) is 2. The van der Waals surface area contributed by atoms with Crippen LogP contribution in [0.5, 0.6) is 0 Å². The van der Waals surface area contributed by atoms with E-state index in [4.69, 9.17) is 0 Å². The molecule has 2 nitrogen and oxygen atoms in total. The van der Waals surface area contributed by atoms with Crippen LogP contribution in [-0.2, 0) is 24.7 Å². The molecule has 0 aliphatic rings. The number of halogens is 14. The van der Waals surface area contributed by atoms with Gasteiger partial charge < -0.3 is 0 Å². The minimum atomic E-state index is -4.88. The molecule has 2 aromatic rings. The van der Waals surface area contributed by atoms with Gasteiger partial charge in [0.05, 0.1) is 32.0 Å². The zero-order valence-corrected chi connectivity index (χ0v) is 20.7. The summed E-state index contributed by atoms with van der Waals surface area (Å²) in [4.78, 5) is 22.5. The van der Waals surface area contributed by atoms with Crippen LogP contribution < -0.4 is 0 Å². The van der Waals surface area contributed by atoms with E-state index >= 15 is 0 Å². The van der Waals surface area contributed by atoms with Crippen LogP contribution in [0.2, 0.25) is 0 Å². The lowest BCUT2D eigenvalue weighted by atomic mass is 10.0. The average molecular weight is 717 g/mol. The van der Waals surface area contributed by atoms with E-state index in [0.29, 0.717) is 12.1 Å². The van der Waals surface area contributed by atoms with Crippen LogP contribution in [0, 0.1) is 0 Å². The van der Waals surface area contributed by atoms with Gasteiger partial charge in [0.1, 0.15) is 0 Å². The van der Waals surface area contributed by atoms with Crippen molar-refractivity contribution in [3.05, 3.63) is 69.8 Å². The highest BCUT2D eigenvalue weighted by molar-refractivity contribution is 14.1. The van der Waals surface area contributed by atoms with Crippen LogP contribution >= 0.6 is 38.5 Å². The zero-order valence-electron chi connectivity index (χ0n) is 17.0. The van der Waals surface area contributed by atoms with Gasteiger partial charge in [-0.25, -0.2) is 0 Å². The molecule has 0 radical (unpaired) electrons. The van der Waals surface area contributed by atoms with Crippen LogP contribution in [0.3, 0.4) is 0 Å². The molecule has 36 heavy (non-hydrogen) atoms. The van der Waals surface area contributed by atoms with Crippen molar-refractivity contribution in [2.45, 2.75) is 24.7 Å². The Labute approximate surface area is 216 Å². The largest absolute Gasteiger partial charge is 0.417 e. The first-order valence-corrected chi connectivity index (χ1v) is 11.5. The molecule has 0 heterocycles. The molecule has 0 saturated heterocycles. The Hall–Kier alpha value is -1.85. The van der Waals surface area contributed by atoms with E-state index in [0.717, 1.165) is 0 Å². The Morgan fingerprint density at radius 1 is 0.611 bits per heavy atom. The van der Waals surface area contributed by atoms with Crippen LogP contribution in [0.1, 0.15) is 43.0 Å². The lowest BCUT2D eigenvalue weighted by molar-refractivity contribution is -0.141. The van der Waals surface area contributed by atoms with E-state index in [2.05, 4.69) is 15.9 Å². The summed E-state index contributed by atoms with van der Waals surface area (Å²) < 4.78 is 149. The van der Waals surface area contributed by atoms with E-state index in [1.165, 1.54) is 22.6 Å². The van der Waals surface area contributed by atoms with Gasteiger partial charge in [-0.15, -0.1) is 0 Å². The maximum absolute atomic E-state index is 12.5. The van der Waals surface area contributed by atoms with Crippen molar-refractivity contribution in [3.8, 4) is 0 Å². The number of hydrogen-bond donors (Lipinski definition) is 0. The number of alkyl halides is 14. The highest BCUT2D eigenvalue weighted by Gasteiger charge is 2.39. The highest BCUT2D eigenvalue weighted by Crippen LogP contribution is 2.38. The quantitative estimate of drug-likeness (QED) is 0.138. The normalized spacial score (nSPS) is 12.6. The van der Waals surface area contributed by atoms with Crippen molar-refractivity contribution >= 4 is 50.1 Å². The highest BCUT2D eigenvalue weighted by atomic mass is 127. The predicted molar refractivity (Wildman–Crippen MR) is 114 cm³/mol. The fourth-order valence-electron chi connectivity index (χ4n) is 2.54. The van der Waals surface area contributed by atoms with Crippen LogP contribution in [0.15, 0.2) is 36.4 Å². The first-order chi connectivity index (χ1) is 16.1. The number of rotatable bonds is 4. The van der Waals surface area contributed by atoms with Crippen molar-refractivity contribution in [1.82, 2.24) is 0 Å². The Bertz CT molecular complexity index is 1010. The van der Waals surface area contributed by atoms with Crippen molar-refractivity contribution in [2.24, 2.45) is 0 Å². The Morgan fingerprint density at radius 2 is 0.944 bits per heavy atom. The number of carbonyl (C=O) groups is 2. The third-order valence-electron chi connectivity index (χ3n) is 4.15. The van der Waals surface area contributed by atoms with E-state index < -0.39 is 75.0 Å². The molecule has 0 unspecified atom stereocenters. The van der Waals surface area contributed by atoms with Gasteiger partial charge in [-0.05, 0) is 36.4 Å². The summed E-state index contributed by atoms with van der Waals surface area (Å²) in [6.07, 6.45) is -19.3. The molecule has 0 aromatic heterocycles. The third kappa shape index (κ3) is 8.62. The second-order valence-electron chi connectivity index (χ2n) is 6.63. The summed E-state index contributed by atoms with van der Waals surface area (Å²) in [5.41, 5.74) is -7.23. The number of benzene rings is 2. The first-order valence-electron chi connectivity index (χ1n) is 8.89. The van der Waals surface area contributed by atoms with Crippen LogP contribution in [0.4, 0.5) is 52.7 Å². The van der Waals surface area contributed by atoms with Crippen molar-refractivity contribution in [1.29, 1.82) is 0 Å². The molecule has 16 heteroatoms. The molecule has 0 saturated carbocycles. The van der Waals surface area contributed by atoms with Gasteiger partial charge >= 0.3 is 24.7 Å². The molecular weight excluding hydrogens is 707 g/mol. The lowest BCUT2D eigenvalue weighted by Crippen LogP contribution is -2.16. The number of ketones is 2. The van der Waals surface area contributed by atoms with Gasteiger partial charge in [0.15, 0.2) is 11.6 Å². The molecule has 0 spiro atoms. The van der Waals surface area contributed by atoms with Gasteiger partial charge in [0.2, 0.25) is 0 Å². The van der Waals surface area contributed by atoms with E-state index in [9.17, 15) is 62.3 Å². The SMILES string of the molecule is O=C(CBr)c1cc(C(F)(F)F)ccc1C(F)(F)F.O=C(CI)c1cc(C(F)(F)F)ccc1C(F)(F)F. The summed E-state index contributed by atoms with van der Waals surface area (Å²) in [5, 5.41) is -0.489. The smallest absolute Gasteiger partial charge is 0.293 e. The molecule has 0 aliphatic heterocycles. The molecule has 2 aromatic carbocycles. The second-order valence-corrected chi connectivity index (χ2v) is 7.95. The van der Waals surface area contributed by atoms with Gasteiger partial charge in [-0.1, -0.05) is 38.5 Å². The molecule has 0 aliphatic carbocycles. The van der Waals surface area contributed by atoms with Crippen LogP contribution in [-0.4, -0.2) is 21.3 Å². The third-order valence-corrected chi connectivity index (χ3v) is 5.35. The Morgan fingerprint density at radius 3 is 1.19 bits per heavy atom. The molecule has 0 bridgehead atoms. The van der Waals surface area contributed by atoms with E-state index in [1.807, 2.05) is 0 Å². The number of carbonyl (C=O) groups excluding carboxylic acids is 2. The average Bonchev–Trinajstić information content (AvgIpc) is 2.75. The van der Waals surface area contributed by atoms with E-state index in [-0.39, 0.29) is 28.7 Å². The minimum absolute atomic E-state index is 0.215. The molecule has 2 rings (SSSR count). The fraction of sp³-hybridized carbons (Fsp3) is 0.300. The summed E-state index contributed by atoms with van der Waals surface area (Å²) in [7, 11) is 0. The Balaban J connectivity index is 0.000000360. The maximum atomic E-state index is 12.5. The topological polar surface area (TPSA) is 34.1 Å². The van der Waals surface area contributed by atoms with E-state index in [1.54, 1.807) is 0 Å². The summed E-state index contributed by atoms with van der Waals surface area (Å²) in [5.74, 6) is -2.05. The van der Waals surface area contributed by atoms with Crippen molar-refractivity contribution in [2.75, 3.05) is 9.76 Å². The Kier molecular flexibility index (Phi) is 10.4. The molecule has 0 N–H and O–H groups in total. The summed E-state index contributed by atoms with van der Waals surface area (Å²) in [6, 6.07) is 1.61.